The Morgan fingerprint density at radius 3 is 2.39 bits per heavy atom. The number of rotatable bonds is 5. The van der Waals surface area contributed by atoms with Crippen molar-refractivity contribution in [2.75, 3.05) is 26.1 Å². The Morgan fingerprint density at radius 2 is 1.83 bits per heavy atom. The van der Waals surface area contributed by atoms with Crippen LogP contribution < -0.4 is 14.8 Å². The van der Waals surface area contributed by atoms with Gasteiger partial charge in [0, 0.05) is 6.54 Å². The van der Waals surface area contributed by atoms with Crippen LogP contribution in [-0.4, -0.2) is 29.5 Å². The average Bonchev–Trinajstić information content (AvgIpc) is 2.86. The highest BCUT2D eigenvalue weighted by Crippen LogP contribution is 2.40. The molecule has 18 heavy (non-hydrogen) atoms. The molecule has 1 aromatic heterocycles. The maximum Gasteiger partial charge on any atom is 0.168 e. The van der Waals surface area contributed by atoms with Crippen LogP contribution in [-0.2, 0) is 0 Å². The van der Waals surface area contributed by atoms with Gasteiger partial charge in [0.1, 0.15) is 17.2 Å². The third kappa shape index (κ3) is 2.24. The lowest BCUT2D eigenvalue weighted by atomic mass is 10.1. The molecule has 0 unspecified atom stereocenters. The van der Waals surface area contributed by atoms with Crippen molar-refractivity contribution in [3.63, 3.8) is 0 Å². The van der Waals surface area contributed by atoms with Gasteiger partial charge in [-0.15, -0.1) is 0 Å². The van der Waals surface area contributed by atoms with Crippen molar-refractivity contribution in [2.24, 2.45) is 0 Å². The highest BCUT2D eigenvalue weighted by molar-refractivity contribution is 6.99. The highest BCUT2D eigenvalue weighted by Gasteiger charge is 2.19. The number of methoxy groups -OCH3 is 2. The summed E-state index contributed by atoms with van der Waals surface area (Å²) in [6, 6.07) is 5.65. The Balaban J connectivity index is 2.57. The van der Waals surface area contributed by atoms with Crippen LogP contribution in [0.2, 0.25) is 0 Å². The molecule has 6 heteroatoms. The molecular formula is C12H15N3O2S. The quantitative estimate of drug-likeness (QED) is 0.900. The van der Waals surface area contributed by atoms with E-state index in [0.717, 1.165) is 35.1 Å². The number of nitrogens with one attached hydrogen (secondary N) is 1. The van der Waals surface area contributed by atoms with Crippen LogP contribution in [0, 0.1) is 0 Å². The second kappa shape index (κ2) is 5.68. The van der Waals surface area contributed by atoms with Crippen LogP contribution in [0.3, 0.4) is 0 Å². The molecule has 1 aromatic carbocycles. The first kappa shape index (κ1) is 12.6. The fourth-order valence-electron chi connectivity index (χ4n) is 1.72. The van der Waals surface area contributed by atoms with Gasteiger partial charge >= 0.3 is 0 Å². The predicted molar refractivity (Wildman–Crippen MR) is 72.6 cm³/mol. The Bertz CT molecular complexity index is 506. The molecule has 0 bridgehead atoms. The van der Waals surface area contributed by atoms with E-state index in [1.165, 1.54) is 11.7 Å². The molecule has 0 amide bonds. The highest BCUT2D eigenvalue weighted by atomic mass is 32.1. The van der Waals surface area contributed by atoms with Crippen LogP contribution in [0.5, 0.6) is 11.5 Å². The molecule has 0 aliphatic carbocycles. The van der Waals surface area contributed by atoms with Crippen LogP contribution in [0.4, 0.5) is 5.82 Å². The second-order valence-corrected chi connectivity index (χ2v) is 4.06. The van der Waals surface area contributed by atoms with Gasteiger partial charge in [-0.25, -0.2) is 0 Å². The number of hydrogen-bond acceptors (Lipinski definition) is 6. The molecule has 2 aromatic rings. The Kier molecular flexibility index (Phi) is 3.99. The largest absolute Gasteiger partial charge is 0.496 e. The van der Waals surface area contributed by atoms with Gasteiger partial charge in [-0.1, -0.05) is 6.07 Å². The van der Waals surface area contributed by atoms with E-state index in [9.17, 15) is 0 Å². The van der Waals surface area contributed by atoms with Gasteiger partial charge in [-0.2, -0.15) is 8.75 Å². The lowest BCUT2D eigenvalue weighted by molar-refractivity contribution is 0.397. The zero-order valence-electron chi connectivity index (χ0n) is 10.6. The molecule has 96 valence electrons. The molecule has 5 nitrogen and oxygen atoms in total. The van der Waals surface area contributed by atoms with E-state index in [2.05, 4.69) is 14.1 Å². The third-order valence-electron chi connectivity index (χ3n) is 2.50. The summed E-state index contributed by atoms with van der Waals surface area (Å²) in [6.07, 6.45) is 0. The monoisotopic (exact) mass is 265 g/mol. The first-order valence-corrected chi connectivity index (χ1v) is 6.32. The van der Waals surface area contributed by atoms with Gasteiger partial charge in [-0.05, 0) is 19.1 Å². The van der Waals surface area contributed by atoms with Crippen LogP contribution in [0.1, 0.15) is 6.92 Å². The van der Waals surface area contributed by atoms with Crippen molar-refractivity contribution in [1.29, 1.82) is 0 Å². The molecule has 0 fully saturated rings. The molecule has 0 radical (unpaired) electrons. The van der Waals surface area contributed by atoms with Crippen LogP contribution in [0.25, 0.3) is 11.3 Å². The molecular weight excluding hydrogens is 250 g/mol. The van der Waals surface area contributed by atoms with Crippen LogP contribution in [0.15, 0.2) is 18.2 Å². The molecule has 0 atom stereocenters. The molecule has 0 aliphatic heterocycles. The van der Waals surface area contributed by atoms with Crippen molar-refractivity contribution in [3.8, 4) is 22.8 Å². The second-order valence-electron chi connectivity index (χ2n) is 3.53. The van der Waals surface area contributed by atoms with Crippen molar-refractivity contribution in [1.82, 2.24) is 8.75 Å². The van der Waals surface area contributed by atoms with Crippen molar-refractivity contribution in [2.45, 2.75) is 6.92 Å². The number of anilines is 1. The number of ether oxygens (including phenoxy) is 2. The minimum absolute atomic E-state index is 0.723. The third-order valence-corrected chi connectivity index (χ3v) is 3.03. The lowest BCUT2D eigenvalue weighted by Gasteiger charge is -2.12. The van der Waals surface area contributed by atoms with E-state index in [0.29, 0.717) is 0 Å². The fraction of sp³-hybridized carbons (Fsp3) is 0.333. The van der Waals surface area contributed by atoms with E-state index < -0.39 is 0 Å². The standard InChI is InChI=1S/C12H15N3O2S/c1-4-13-12-11(14-18-15-12)10-8(16-2)6-5-7-9(10)17-3/h5-7H,4H2,1-3H3,(H,13,15). The molecule has 0 spiro atoms. The van der Waals surface area contributed by atoms with E-state index in [4.69, 9.17) is 9.47 Å². The van der Waals surface area contributed by atoms with Gasteiger partial charge in [0.15, 0.2) is 5.82 Å². The van der Waals surface area contributed by atoms with Crippen molar-refractivity contribution < 1.29 is 9.47 Å². The molecule has 0 aliphatic rings. The van der Waals surface area contributed by atoms with Gasteiger partial charge in [0.2, 0.25) is 0 Å². The summed E-state index contributed by atoms with van der Waals surface area (Å²) in [5.41, 5.74) is 1.59. The van der Waals surface area contributed by atoms with Gasteiger partial charge in [0.25, 0.3) is 0 Å². The molecule has 0 saturated heterocycles. The summed E-state index contributed by atoms with van der Waals surface area (Å²) in [4.78, 5) is 0. The van der Waals surface area contributed by atoms with E-state index in [1.807, 2.05) is 25.1 Å². The first-order chi connectivity index (χ1) is 8.81. The van der Waals surface area contributed by atoms with Crippen LogP contribution >= 0.6 is 11.7 Å². The summed E-state index contributed by atoms with van der Waals surface area (Å²) in [6.45, 7) is 2.80. The zero-order chi connectivity index (χ0) is 13.0. The summed E-state index contributed by atoms with van der Waals surface area (Å²) < 4.78 is 19.3. The van der Waals surface area contributed by atoms with E-state index >= 15 is 0 Å². The minimum Gasteiger partial charge on any atom is -0.496 e. The van der Waals surface area contributed by atoms with Crippen molar-refractivity contribution >= 4 is 17.5 Å². The van der Waals surface area contributed by atoms with Gasteiger partial charge in [-0.3, -0.25) is 0 Å². The Labute approximate surface area is 110 Å². The lowest BCUT2D eigenvalue weighted by Crippen LogP contribution is -2.00. The maximum absolute atomic E-state index is 5.37. The summed E-state index contributed by atoms with van der Waals surface area (Å²) in [7, 11) is 3.26. The number of hydrogen-bond donors (Lipinski definition) is 1. The maximum atomic E-state index is 5.37. The first-order valence-electron chi connectivity index (χ1n) is 5.59. The summed E-state index contributed by atoms with van der Waals surface area (Å²) >= 11 is 1.17. The zero-order valence-corrected chi connectivity index (χ0v) is 11.4. The van der Waals surface area contributed by atoms with Gasteiger partial charge < -0.3 is 14.8 Å². The Morgan fingerprint density at radius 1 is 1.17 bits per heavy atom. The van der Waals surface area contributed by atoms with E-state index in [-0.39, 0.29) is 0 Å². The normalized spacial score (nSPS) is 10.2. The number of aromatic nitrogens is 2. The summed E-state index contributed by atoms with van der Waals surface area (Å²) in [5, 5.41) is 3.18. The molecule has 1 heterocycles. The predicted octanol–water partition coefficient (Wildman–Crippen LogP) is 2.65. The average molecular weight is 265 g/mol. The van der Waals surface area contributed by atoms with Gasteiger partial charge in [0.05, 0.1) is 31.5 Å². The molecule has 2 rings (SSSR count). The number of benzene rings is 1. The topological polar surface area (TPSA) is 56.3 Å². The smallest absolute Gasteiger partial charge is 0.168 e. The van der Waals surface area contributed by atoms with E-state index in [1.54, 1.807) is 14.2 Å². The molecule has 0 saturated carbocycles. The number of nitrogens with zero attached hydrogens (tertiary/aromatic N) is 2. The SMILES string of the molecule is CCNc1nsnc1-c1c(OC)cccc1OC. The Hall–Kier alpha value is -1.82. The van der Waals surface area contributed by atoms with Crippen molar-refractivity contribution in [3.05, 3.63) is 18.2 Å². The molecule has 1 N–H and O–H groups in total. The minimum atomic E-state index is 0.723. The fourth-order valence-corrected chi connectivity index (χ4v) is 2.25. The summed E-state index contributed by atoms with van der Waals surface area (Å²) in [5.74, 6) is 2.20.